The van der Waals surface area contributed by atoms with Crippen molar-refractivity contribution in [3.8, 4) is 5.75 Å². The third-order valence-electron chi connectivity index (χ3n) is 3.17. The van der Waals surface area contributed by atoms with Gasteiger partial charge in [0.15, 0.2) is 0 Å². The van der Waals surface area contributed by atoms with Crippen molar-refractivity contribution in [2.75, 3.05) is 12.3 Å². The summed E-state index contributed by atoms with van der Waals surface area (Å²) in [5, 5.41) is 2.50. The molecular weight excluding hydrogens is 349 g/mol. The number of amides is 1. The van der Waals surface area contributed by atoms with E-state index >= 15 is 0 Å². The first-order chi connectivity index (χ1) is 12.3. The van der Waals surface area contributed by atoms with Gasteiger partial charge in [-0.2, -0.15) is 0 Å². The minimum atomic E-state index is -4.78. The van der Waals surface area contributed by atoms with Gasteiger partial charge in [0, 0.05) is 17.8 Å². The van der Waals surface area contributed by atoms with Gasteiger partial charge in [-0.25, -0.2) is 4.79 Å². The van der Waals surface area contributed by atoms with Crippen molar-refractivity contribution in [2.24, 2.45) is 0 Å². The molecule has 0 atom stereocenters. The predicted molar refractivity (Wildman–Crippen MR) is 91.2 cm³/mol. The smallest absolute Gasteiger partial charge is 0.445 e. The van der Waals surface area contributed by atoms with E-state index in [1.807, 2.05) is 30.3 Å². The number of hydrogen-bond donors (Lipinski definition) is 2. The highest BCUT2D eigenvalue weighted by molar-refractivity contribution is 5.69. The molecule has 8 heteroatoms. The van der Waals surface area contributed by atoms with Crippen LogP contribution in [-0.2, 0) is 11.3 Å². The van der Waals surface area contributed by atoms with Crippen LogP contribution in [0.3, 0.4) is 0 Å². The monoisotopic (exact) mass is 366 g/mol. The Bertz CT molecular complexity index is 762. The van der Waals surface area contributed by atoms with Crippen LogP contribution in [0, 0.1) is 0 Å². The highest BCUT2D eigenvalue weighted by Crippen LogP contribution is 2.26. The maximum Gasteiger partial charge on any atom is 0.573 e. The maximum atomic E-state index is 12.2. The largest absolute Gasteiger partial charge is 0.573 e. The van der Waals surface area contributed by atoms with Crippen molar-refractivity contribution in [1.29, 1.82) is 0 Å². The van der Waals surface area contributed by atoms with E-state index in [-0.39, 0.29) is 24.6 Å². The number of anilines is 1. The molecule has 0 aliphatic rings. The van der Waals surface area contributed by atoms with E-state index in [1.54, 1.807) is 0 Å². The van der Waals surface area contributed by atoms with Gasteiger partial charge in [-0.15, -0.1) is 13.2 Å². The van der Waals surface area contributed by atoms with Gasteiger partial charge >= 0.3 is 12.5 Å². The molecule has 2 rings (SSSR count). The SMILES string of the molecule is Nc1ccc(OC(F)(F)F)cc1C=CCNC(=O)OCc1ccccc1. The second-order valence-corrected chi connectivity index (χ2v) is 5.18. The van der Waals surface area contributed by atoms with Crippen LogP contribution in [0.15, 0.2) is 54.6 Å². The quantitative estimate of drug-likeness (QED) is 0.755. The van der Waals surface area contributed by atoms with Crippen LogP contribution in [-0.4, -0.2) is 19.0 Å². The molecule has 0 heterocycles. The van der Waals surface area contributed by atoms with Crippen LogP contribution in [0.5, 0.6) is 5.75 Å². The molecule has 2 aromatic carbocycles. The van der Waals surface area contributed by atoms with Gasteiger partial charge in [0.1, 0.15) is 12.4 Å². The summed E-state index contributed by atoms with van der Waals surface area (Å²) in [6.45, 7) is 0.261. The molecule has 138 valence electrons. The molecule has 26 heavy (non-hydrogen) atoms. The summed E-state index contributed by atoms with van der Waals surface area (Å²) < 4.78 is 45.6. The van der Waals surface area contributed by atoms with Gasteiger partial charge in [0.25, 0.3) is 0 Å². The van der Waals surface area contributed by atoms with E-state index in [2.05, 4.69) is 10.1 Å². The van der Waals surface area contributed by atoms with Crippen LogP contribution in [0.2, 0.25) is 0 Å². The van der Waals surface area contributed by atoms with Gasteiger partial charge < -0.3 is 20.5 Å². The number of alkyl halides is 3. The molecule has 0 radical (unpaired) electrons. The van der Waals surface area contributed by atoms with E-state index < -0.39 is 12.5 Å². The van der Waals surface area contributed by atoms with Gasteiger partial charge in [0.2, 0.25) is 0 Å². The predicted octanol–water partition coefficient (Wildman–Crippen LogP) is 4.11. The zero-order valence-corrected chi connectivity index (χ0v) is 13.6. The Morgan fingerprint density at radius 3 is 2.58 bits per heavy atom. The summed E-state index contributed by atoms with van der Waals surface area (Å²) in [6.07, 6.45) is -2.37. The summed E-state index contributed by atoms with van der Waals surface area (Å²) in [7, 11) is 0. The molecule has 0 fully saturated rings. The van der Waals surface area contributed by atoms with E-state index in [0.29, 0.717) is 5.56 Å². The lowest BCUT2D eigenvalue weighted by atomic mass is 10.1. The average molecular weight is 366 g/mol. The molecule has 0 aliphatic heterocycles. The number of nitrogens with one attached hydrogen (secondary N) is 1. The Hall–Kier alpha value is -3.16. The fourth-order valence-corrected chi connectivity index (χ4v) is 2.00. The van der Waals surface area contributed by atoms with Crippen LogP contribution < -0.4 is 15.8 Å². The molecule has 0 saturated heterocycles. The number of carbonyl (C=O) groups excluding carboxylic acids is 1. The fourth-order valence-electron chi connectivity index (χ4n) is 2.00. The Morgan fingerprint density at radius 1 is 1.15 bits per heavy atom. The number of ether oxygens (including phenoxy) is 2. The Labute approximate surface area is 148 Å². The lowest BCUT2D eigenvalue weighted by Crippen LogP contribution is -2.24. The van der Waals surface area contributed by atoms with Crippen molar-refractivity contribution < 1.29 is 27.4 Å². The Balaban J connectivity index is 1.82. The number of alkyl carbamates (subject to hydrolysis) is 1. The average Bonchev–Trinajstić information content (AvgIpc) is 2.59. The number of halogens is 3. The summed E-state index contributed by atoms with van der Waals surface area (Å²) in [5.74, 6) is -0.374. The maximum absolute atomic E-state index is 12.2. The van der Waals surface area contributed by atoms with E-state index in [9.17, 15) is 18.0 Å². The molecular formula is C18H17F3N2O3. The first-order valence-electron chi connectivity index (χ1n) is 7.60. The lowest BCUT2D eigenvalue weighted by molar-refractivity contribution is -0.274. The van der Waals surface area contributed by atoms with E-state index in [1.165, 1.54) is 18.2 Å². The van der Waals surface area contributed by atoms with Crippen molar-refractivity contribution >= 4 is 17.9 Å². The highest BCUT2D eigenvalue weighted by Gasteiger charge is 2.31. The number of hydrogen-bond acceptors (Lipinski definition) is 4. The Kier molecular flexibility index (Phi) is 6.48. The molecule has 5 nitrogen and oxygen atoms in total. The van der Waals surface area contributed by atoms with Crippen molar-refractivity contribution in [3.05, 3.63) is 65.7 Å². The fraction of sp³-hybridized carbons (Fsp3) is 0.167. The van der Waals surface area contributed by atoms with Crippen molar-refractivity contribution in [1.82, 2.24) is 5.32 Å². The summed E-state index contributed by atoms with van der Waals surface area (Å²) in [5.41, 5.74) is 7.18. The molecule has 0 saturated carbocycles. The molecule has 2 aromatic rings. The van der Waals surface area contributed by atoms with E-state index in [0.717, 1.165) is 17.7 Å². The third-order valence-corrected chi connectivity index (χ3v) is 3.17. The first kappa shape index (κ1) is 19.2. The summed E-state index contributed by atoms with van der Waals surface area (Å²) in [6, 6.07) is 12.8. The molecule has 0 bridgehead atoms. The first-order valence-corrected chi connectivity index (χ1v) is 7.60. The molecule has 0 unspecified atom stereocenters. The third kappa shape index (κ3) is 6.76. The van der Waals surface area contributed by atoms with Crippen molar-refractivity contribution in [2.45, 2.75) is 13.0 Å². The molecule has 1 amide bonds. The molecule has 0 aliphatic carbocycles. The Morgan fingerprint density at radius 2 is 1.88 bits per heavy atom. The topological polar surface area (TPSA) is 73.6 Å². The molecule has 3 N–H and O–H groups in total. The van der Waals surface area contributed by atoms with Crippen LogP contribution >= 0.6 is 0 Å². The number of nitrogens with two attached hydrogens (primary N) is 1. The highest BCUT2D eigenvalue weighted by atomic mass is 19.4. The second-order valence-electron chi connectivity index (χ2n) is 5.18. The van der Waals surface area contributed by atoms with Crippen LogP contribution in [0.4, 0.5) is 23.7 Å². The lowest BCUT2D eigenvalue weighted by Gasteiger charge is -2.10. The second kappa shape index (κ2) is 8.80. The zero-order valence-electron chi connectivity index (χ0n) is 13.6. The van der Waals surface area contributed by atoms with Crippen molar-refractivity contribution in [3.63, 3.8) is 0 Å². The normalized spacial score (nSPS) is 11.3. The summed E-state index contributed by atoms with van der Waals surface area (Å²) in [4.78, 5) is 11.6. The summed E-state index contributed by atoms with van der Waals surface area (Å²) >= 11 is 0. The zero-order chi connectivity index (χ0) is 19.0. The minimum absolute atomic E-state index is 0.122. The standard InChI is InChI=1S/C18H17F3N2O3/c19-18(20,21)26-15-8-9-16(22)14(11-15)7-4-10-23-17(24)25-12-13-5-2-1-3-6-13/h1-9,11H,10,12,22H2,(H,23,24). The number of nitrogen functional groups attached to an aromatic ring is 1. The van der Waals surface area contributed by atoms with Crippen LogP contribution in [0.1, 0.15) is 11.1 Å². The van der Waals surface area contributed by atoms with Gasteiger partial charge in [-0.05, 0) is 23.8 Å². The number of rotatable bonds is 6. The minimum Gasteiger partial charge on any atom is -0.445 e. The number of benzene rings is 2. The van der Waals surface area contributed by atoms with Gasteiger partial charge in [-0.1, -0.05) is 42.5 Å². The molecule has 0 spiro atoms. The van der Waals surface area contributed by atoms with Gasteiger partial charge in [0.05, 0.1) is 0 Å². The molecule has 0 aromatic heterocycles. The van der Waals surface area contributed by atoms with Gasteiger partial charge in [-0.3, -0.25) is 0 Å². The van der Waals surface area contributed by atoms with E-state index in [4.69, 9.17) is 10.5 Å². The number of carbonyl (C=O) groups is 1. The van der Waals surface area contributed by atoms with Crippen LogP contribution in [0.25, 0.3) is 6.08 Å².